The molecule has 0 aliphatic rings. The molecule has 2 N–H and O–H groups in total. The molecule has 1 aromatic heterocycles. The second-order valence-electron chi connectivity index (χ2n) is 6.40. The third-order valence-corrected chi connectivity index (χ3v) is 4.50. The number of anilines is 2. The summed E-state index contributed by atoms with van der Waals surface area (Å²) in [4.78, 5) is 21.3. The molecule has 3 rings (SSSR count). The van der Waals surface area contributed by atoms with Gasteiger partial charge in [0.25, 0.3) is 5.91 Å². The number of rotatable bonds is 5. The highest BCUT2D eigenvalue weighted by molar-refractivity contribution is 6.31. The van der Waals surface area contributed by atoms with E-state index in [4.69, 9.17) is 11.6 Å². The SMILES string of the molecule is Cc1ccc(C)c(NC(=O)c2cc(NCc3ccccc3Cl)nc(C)n2)c1. The molecule has 6 heteroatoms. The first-order valence-corrected chi connectivity index (χ1v) is 9.02. The lowest BCUT2D eigenvalue weighted by molar-refractivity contribution is 0.102. The summed E-state index contributed by atoms with van der Waals surface area (Å²) in [6, 6.07) is 15.2. The number of hydrogen-bond acceptors (Lipinski definition) is 4. The van der Waals surface area contributed by atoms with E-state index in [1.54, 1.807) is 13.0 Å². The van der Waals surface area contributed by atoms with Gasteiger partial charge in [0.05, 0.1) is 0 Å². The number of aromatic nitrogens is 2. The highest BCUT2D eigenvalue weighted by atomic mass is 35.5. The maximum atomic E-state index is 12.7. The summed E-state index contributed by atoms with van der Waals surface area (Å²) >= 11 is 6.18. The van der Waals surface area contributed by atoms with Gasteiger partial charge >= 0.3 is 0 Å². The molecule has 138 valence electrons. The van der Waals surface area contributed by atoms with Gasteiger partial charge in [0.2, 0.25) is 0 Å². The van der Waals surface area contributed by atoms with E-state index >= 15 is 0 Å². The van der Waals surface area contributed by atoms with E-state index < -0.39 is 0 Å². The van der Waals surface area contributed by atoms with E-state index in [0.717, 1.165) is 22.4 Å². The van der Waals surface area contributed by atoms with Crippen LogP contribution in [0.15, 0.2) is 48.5 Å². The number of aryl methyl sites for hydroxylation is 3. The van der Waals surface area contributed by atoms with Crippen LogP contribution in [0.1, 0.15) is 33.0 Å². The topological polar surface area (TPSA) is 66.9 Å². The molecule has 0 radical (unpaired) electrons. The van der Waals surface area contributed by atoms with Crippen molar-refractivity contribution in [1.29, 1.82) is 0 Å². The maximum Gasteiger partial charge on any atom is 0.274 e. The Morgan fingerprint density at radius 2 is 1.81 bits per heavy atom. The number of amides is 1. The molecule has 2 aromatic carbocycles. The van der Waals surface area contributed by atoms with Gasteiger partial charge in [-0.25, -0.2) is 9.97 Å². The summed E-state index contributed by atoms with van der Waals surface area (Å²) in [6.45, 7) is 6.21. The van der Waals surface area contributed by atoms with Crippen LogP contribution in [0.25, 0.3) is 0 Å². The predicted octanol–water partition coefficient (Wildman–Crippen LogP) is 4.92. The van der Waals surface area contributed by atoms with Gasteiger partial charge in [-0.15, -0.1) is 0 Å². The molecule has 0 unspecified atom stereocenters. The first kappa shape index (κ1) is 18.9. The zero-order valence-corrected chi connectivity index (χ0v) is 16.3. The first-order chi connectivity index (χ1) is 12.9. The van der Waals surface area contributed by atoms with Crippen molar-refractivity contribution in [3.05, 3.63) is 81.8 Å². The predicted molar refractivity (Wildman–Crippen MR) is 109 cm³/mol. The summed E-state index contributed by atoms with van der Waals surface area (Å²) in [5.74, 6) is 0.828. The summed E-state index contributed by atoms with van der Waals surface area (Å²) in [5.41, 5.74) is 4.12. The number of nitrogens with one attached hydrogen (secondary N) is 2. The quantitative estimate of drug-likeness (QED) is 0.659. The number of hydrogen-bond donors (Lipinski definition) is 2. The van der Waals surface area contributed by atoms with Crippen LogP contribution in [0.5, 0.6) is 0 Å². The van der Waals surface area contributed by atoms with Crippen molar-refractivity contribution >= 4 is 29.0 Å². The van der Waals surface area contributed by atoms with Crippen molar-refractivity contribution < 1.29 is 4.79 Å². The molecule has 0 aliphatic carbocycles. The van der Waals surface area contributed by atoms with Crippen LogP contribution >= 0.6 is 11.6 Å². The van der Waals surface area contributed by atoms with E-state index in [1.165, 1.54) is 0 Å². The highest BCUT2D eigenvalue weighted by Gasteiger charge is 2.12. The van der Waals surface area contributed by atoms with E-state index in [9.17, 15) is 4.79 Å². The summed E-state index contributed by atoms with van der Waals surface area (Å²) in [7, 11) is 0. The third-order valence-electron chi connectivity index (χ3n) is 4.13. The van der Waals surface area contributed by atoms with Gasteiger partial charge in [0.1, 0.15) is 17.3 Å². The van der Waals surface area contributed by atoms with Crippen molar-refractivity contribution in [3.63, 3.8) is 0 Å². The van der Waals surface area contributed by atoms with E-state index in [1.807, 2.05) is 56.3 Å². The smallest absolute Gasteiger partial charge is 0.274 e. The van der Waals surface area contributed by atoms with Gasteiger partial charge in [0.15, 0.2) is 0 Å². The van der Waals surface area contributed by atoms with Crippen molar-refractivity contribution in [2.75, 3.05) is 10.6 Å². The molecule has 5 nitrogen and oxygen atoms in total. The Morgan fingerprint density at radius 3 is 2.59 bits per heavy atom. The van der Waals surface area contributed by atoms with Crippen molar-refractivity contribution in [2.45, 2.75) is 27.3 Å². The van der Waals surface area contributed by atoms with Gasteiger partial charge < -0.3 is 10.6 Å². The molecular formula is C21H21ClN4O. The average Bonchev–Trinajstić information content (AvgIpc) is 2.63. The number of carbonyl (C=O) groups is 1. The molecule has 0 aliphatic heterocycles. The second-order valence-corrected chi connectivity index (χ2v) is 6.81. The molecule has 3 aromatic rings. The number of nitrogens with zero attached hydrogens (tertiary/aromatic N) is 2. The standard InChI is InChI=1S/C21H21ClN4O/c1-13-8-9-14(2)18(10-13)26-21(27)19-11-20(25-15(3)24-19)23-12-16-6-4-5-7-17(16)22/h4-11H,12H2,1-3H3,(H,26,27)(H,23,24,25). The van der Waals surface area contributed by atoms with Gasteiger partial charge in [-0.1, -0.05) is 41.9 Å². The molecular weight excluding hydrogens is 360 g/mol. The summed E-state index contributed by atoms with van der Waals surface area (Å²) in [5, 5.41) is 6.82. The monoisotopic (exact) mass is 380 g/mol. The van der Waals surface area contributed by atoms with Crippen LogP contribution in [-0.4, -0.2) is 15.9 Å². The van der Waals surface area contributed by atoms with E-state index in [2.05, 4.69) is 20.6 Å². The molecule has 1 heterocycles. The largest absolute Gasteiger partial charge is 0.366 e. The van der Waals surface area contributed by atoms with Gasteiger partial charge in [-0.05, 0) is 49.6 Å². The molecule has 0 fully saturated rings. The fourth-order valence-corrected chi connectivity index (χ4v) is 2.86. The molecule has 0 bridgehead atoms. The third kappa shape index (κ3) is 4.83. The lowest BCUT2D eigenvalue weighted by Gasteiger charge is -2.11. The fraction of sp³-hybridized carbons (Fsp3) is 0.190. The maximum absolute atomic E-state index is 12.7. The Kier molecular flexibility index (Phi) is 5.72. The minimum Gasteiger partial charge on any atom is -0.366 e. The lowest BCUT2D eigenvalue weighted by atomic mass is 10.1. The second kappa shape index (κ2) is 8.18. The highest BCUT2D eigenvalue weighted by Crippen LogP contribution is 2.19. The molecule has 0 spiro atoms. The Morgan fingerprint density at radius 1 is 1.04 bits per heavy atom. The van der Waals surface area contributed by atoms with Gasteiger partial charge in [-0.2, -0.15) is 0 Å². The fourth-order valence-electron chi connectivity index (χ4n) is 2.66. The van der Waals surface area contributed by atoms with E-state index in [0.29, 0.717) is 28.9 Å². The normalized spacial score (nSPS) is 10.5. The Hall–Kier alpha value is -2.92. The molecule has 27 heavy (non-hydrogen) atoms. The van der Waals surface area contributed by atoms with Crippen LogP contribution in [0.3, 0.4) is 0 Å². The zero-order chi connectivity index (χ0) is 19.4. The first-order valence-electron chi connectivity index (χ1n) is 8.64. The van der Waals surface area contributed by atoms with Gasteiger partial charge in [0, 0.05) is 23.3 Å². The van der Waals surface area contributed by atoms with Crippen LogP contribution in [0.2, 0.25) is 5.02 Å². The molecule has 1 amide bonds. The lowest BCUT2D eigenvalue weighted by Crippen LogP contribution is -2.16. The summed E-state index contributed by atoms with van der Waals surface area (Å²) < 4.78 is 0. The van der Waals surface area contributed by atoms with Crippen molar-refractivity contribution in [1.82, 2.24) is 9.97 Å². The average molecular weight is 381 g/mol. The minimum absolute atomic E-state index is 0.269. The minimum atomic E-state index is -0.269. The molecule has 0 saturated heterocycles. The molecule has 0 saturated carbocycles. The van der Waals surface area contributed by atoms with Crippen molar-refractivity contribution in [3.8, 4) is 0 Å². The molecule has 0 atom stereocenters. The van der Waals surface area contributed by atoms with Crippen molar-refractivity contribution in [2.24, 2.45) is 0 Å². The zero-order valence-electron chi connectivity index (χ0n) is 15.5. The number of benzene rings is 2. The summed E-state index contributed by atoms with van der Waals surface area (Å²) in [6.07, 6.45) is 0. The van der Waals surface area contributed by atoms with E-state index in [-0.39, 0.29) is 5.91 Å². The van der Waals surface area contributed by atoms with Crippen LogP contribution < -0.4 is 10.6 Å². The van der Waals surface area contributed by atoms with Gasteiger partial charge in [-0.3, -0.25) is 4.79 Å². The Bertz CT molecular complexity index is 988. The Labute approximate surface area is 163 Å². The number of halogens is 1. The van der Waals surface area contributed by atoms with Crippen LogP contribution in [0.4, 0.5) is 11.5 Å². The Balaban J connectivity index is 1.77. The van der Waals surface area contributed by atoms with Crippen LogP contribution in [0, 0.1) is 20.8 Å². The van der Waals surface area contributed by atoms with Crippen LogP contribution in [-0.2, 0) is 6.54 Å². The number of carbonyl (C=O) groups excluding carboxylic acids is 1.